The molecule has 0 aromatic heterocycles. The van der Waals surface area contributed by atoms with Gasteiger partial charge in [-0.2, -0.15) is 0 Å². The van der Waals surface area contributed by atoms with Crippen LogP contribution in [0.25, 0.3) is 0 Å². The summed E-state index contributed by atoms with van der Waals surface area (Å²) in [5.74, 6) is 0.468. The fourth-order valence-corrected chi connectivity index (χ4v) is 7.12. The van der Waals surface area contributed by atoms with Crippen LogP contribution in [0.4, 0.5) is 5.69 Å². The standard InChI is InChI=1S/C11H17NOS3/c1-3-11-12-9-7-5-6-8-10(9)16(11,13,14,15)4-2/h5-8,13-15H,3-4H2,1-2H3. The fourth-order valence-electron chi connectivity index (χ4n) is 2.14. The van der Waals surface area contributed by atoms with Gasteiger partial charge in [-0.25, -0.2) is 4.99 Å². The van der Waals surface area contributed by atoms with Gasteiger partial charge in [-0.1, -0.05) is 32.6 Å². The van der Waals surface area contributed by atoms with Crippen LogP contribution in [0.3, 0.4) is 0 Å². The SMILES string of the molecule is CCC1=Nc2ccccc2S1(O)(S)(S)CC. The van der Waals surface area contributed by atoms with Crippen molar-refractivity contribution in [2.45, 2.75) is 25.2 Å². The van der Waals surface area contributed by atoms with Gasteiger partial charge in [0.15, 0.2) is 0 Å². The largest absolute Gasteiger partial charge is 0.343 e. The first-order chi connectivity index (χ1) is 7.27. The molecular formula is C11H17NOS3. The lowest BCUT2D eigenvalue weighted by molar-refractivity contribution is 0.629. The minimum atomic E-state index is -3.90. The van der Waals surface area contributed by atoms with E-state index >= 15 is 0 Å². The minimum Gasteiger partial charge on any atom is -0.343 e. The summed E-state index contributed by atoms with van der Waals surface area (Å²) in [5, 5.41) is 0.704. The third kappa shape index (κ3) is 1.32. The van der Waals surface area contributed by atoms with E-state index in [1.165, 1.54) is 0 Å². The van der Waals surface area contributed by atoms with Crippen molar-refractivity contribution >= 4 is 40.7 Å². The first-order valence-corrected chi connectivity index (χ1v) is 9.97. The summed E-state index contributed by atoms with van der Waals surface area (Å²) in [5.41, 5.74) is 0.801. The Morgan fingerprint density at radius 1 is 1.25 bits per heavy atom. The lowest BCUT2D eigenvalue weighted by atomic mass is 10.3. The van der Waals surface area contributed by atoms with E-state index in [-0.39, 0.29) is 0 Å². The highest BCUT2D eigenvalue weighted by Gasteiger charge is 2.60. The Morgan fingerprint density at radius 2 is 1.88 bits per heavy atom. The van der Waals surface area contributed by atoms with Gasteiger partial charge in [0.05, 0.1) is 10.7 Å². The Hall–Kier alpha value is -0.100. The molecule has 1 aliphatic heterocycles. The van der Waals surface area contributed by atoms with Gasteiger partial charge in [0.2, 0.25) is 0 Å². The van der Waals surface area contributed by atoms with Crippen molar-refractivity contribution in [3.8, 4) is 0 Å². The summed E-state index contributed by atoms with van der Waals surface area (Å²) in [6.45, 7) is -0.0110. The van der Waals surface area contributed by atoms with Gasteiger partial charge < -0.3 is 4.55 Å². The molecule has 0 amide bonds. The Balaban J connectivity index is 2.86. The van der Waals surface area contributed by atoms with Gasteiger partial charge in [0, 0.05) is 10.6 Å². The molecule has 0 saturated heterocycles. The summed E-state index contributed by atoms with van der Waals surface area (Å²) in [4.78, 5) is 5.28. The summed E-state index contributed by atoms with van der Waals surface area (Å²) < 4.78 is 11.3. The number of aliphatic imine (C=N–C) groups is 1. The molecule has 0 aliphatic carbocycles. The first kappa shape index (κ1) is 12.4. The van der Waals surface area contributed by atoms with Crippen molar-refractivity contribution in [1.29, 1.82) is 0 Å². The third-order valence-electron chi connectivity index (χ3n) is 3.25. The van der Waals surface area contributed by atoms with Crippen molar-refractivity contribution in [3.63, 3.8) is 0 Å². The lowest BCUT2D eigenvalue weighted by Gasteiger charge is -2.65. The van der Waals surface area contributed by atoms with Gasteiger partial charge in [0.1, 0.15) is 0 Å². The molecule has 1 aromatic carbocycles. The summed E-state index contributed by atoms with van der Waals surface area (Å²) >= 11 is 9.31. The Kier molecular flexibility index (Phi) is 2.33. The number of hydrogen-bond donors (Lipinski definition) is 3. The molecule has 0 atom stereocenters. The molecule has 1 aliphatic rings. The second-order valence-electron chi connectivity index (χ2n) is 4.19. The molecule has 0 radical (unpaired) electrons. The van der Waals surface area contributed by atoms with Crippen molar-refractivity contribution in [1.82, 2.24) is 0 Å². The molecule has 5 heteroatoms. The van der Waals surface area contributed by atoms with Crippen LogP contribution in [0.5, 0.6) is 0 Å². The Bertz CT molecular complexity index is 499. The van der Waals surface area contributed by atoms with Crippen molar-refractivity contribution < 1.29 is 4.55 Å². The van der Waals surface area contributed by atoms with Crippen LogP contribution in [-0.4, -0.2) is 15.3 Å². The summed E-state index contributed by atoms with van der Waals surface area (Å²) in [6.07, 6.45) is 0.660. The molecule has 2 rings (SSSR count). The summed E-state index contributed by atoms with van der Waals surface area (Å²) in [6, 6.07) is 7.59. The van der Waals surface area contributed by atoms with Crippen molar-refractivity contribution in [3.05, 3.63) is 24.3 Å². The monoisotopic (exact) mass is 275 g/mol. The predicted molar refractivity (Wildman–Crippen MR) is 80.8 cm³/mol. The molecule has 90 valence electrons. The topological polar surface area (TPSA) is 32.6 Å². The zero-order valence-corrected chi connectivity index (χ0v) is 12.0. The molecule has 1 heterocycles. The van der Waals surface area contributed by atoms with E-state index in [9.17, 15) is 4.55 Å². The molecule has 0 saturated carbocycles. The van der Waals surface area contributed by atoms with E-state index in [4.69, 9.17) is 0 Å². The predicted octanol–water partition coefficient (Wildman–Crippen LogP) is 4.56. The van der Waals surface area contributed by atoms with Crippen molar-refractivity contribution in [2.24, 2.45) is 4.99 Å². The smallest absolute Gasteiger partial charge is 0.0817 e. The molecule has 0 spiro atoms. The normalized spacial score (nSPS) is 27.9. The van der Waals surface area contributed by atoms with E-state index < -0.39 is 6.64 Å². The van der Waals surface area contributed by atoms with E-state index in [0.29, 0.717) is 17.2 Å². The average Bonchev–Trinajstić information content (AvgIpc) is 2.46. The number of hydrogen-bond acceptors (Lipinski definition) is 4. The van der Waals surface area contributed by atoms with Gasteiger partial charge in [-0.15, -0.1) is 23.3 Å². The highest BCUT2D eigenvalue weighted by molar-refractivity contribution is 9.38. The quantitative estimate of drug-likeness (QED) is 0.536. The maximum absolute atomic E-state index is 11.3. The average molecular weight is 275 g/mol. The number of para-hydroxylation sites is 1. The molecule has 16 heavy (non-hydrogen) atoms. The van der Waals surface area contributed by atoms with Gasteiger partial charge in [0.25, 0.3) is 0 Å². The number of benzene rings is 1. The highest BCUT2D eigenvalue weighted by atomic mass is 33.6. The van der Waals surface area contributed by atoms with Crippen LogP contribution < -0.4 is 0 Å². The molecule has 0 bridgehead atoms. The van der Waals surface area contributed by atoms with Crippen LogP contribution in [0.1, 0.15) is 20.3 Å². The molecule has 2 nitrogen and oxygen atoms in total. The van der Waals surface area contributed by atoms with E-state index in [2.05, 4.69) is 28.3 Å². The second kappa shape index (κ2) is 3.02. The fraction of sp³-hybridized carbons (Fsp3) is 0.364. The second-order valence-corrected chi connectivity index (χ2v) is 15.5. The molecular weight excluding hydrogens is 258 g/mol. The van der Waals surface area contributed by atoms with Gasteiger partial charge in [-0.3, -0.25) is 0 Å². The number of nitrogens with zero attached hydrogens (tertiary/aromatic N) is 1. The Labute approximate surface area is 105 Å². The van der Waals surface area contributed by atoms with Crippen LogP contribution >= 0.6 is 30.0 Å². The van der Waals surface area contributed by atoms with Crippen LogP contribution in [0.2, 0.25) is 0 Å². The van der Waals surface area contributed by atoms with Crippen LogP contribution in [0, 0.1) is 0 Å². The molecule has 0 fully saturated rings. The number of rotatable bonds is 2. The van der Waals surface area contributed by atoms with Gasteiger partial charge >= 0.3 is 0 Å². The lowest BCUT2D eigenvalue weighted by Crippen LogP contribution is -2.31. The number of thiol groups is 2. The molecule has 0 unspecified atom stereocenters. The zero-order chi connectivity index (χ0) is 12.1. The highest BCUT2D eigenvalue weighted by Crippen LogP contribution is 3.02. The van der Waals surface area contributed by atoms with Gasteiger partial charge in [-0.05, 0) is 18.6 Å². The van der Waals surface area contributed by atoms with E-state index in [1.807, 2.05) is 38.1 Å². The van der Waals surface area contributed by atoms with E-state index in [1.54, 1.807) is 0 Å². The maximum atomic E-state index is 11.3. The van der Waals surface area contributed by atoms with Crippen LogP contribution in [-0.2, 0) is 0 Å². The van der Waals surface area contributed by atoms with Crippen LogP contribution in [0.15, 0.2) is 34.2 Å². The molecule has 1 N–H and O–H groups in total. The Morgan fingerprint density at radius 3 is 2.44 bits per heavy atom. The molecule has 1 aromatic rings. The van der Waals surface area contributed by atoms with Crippen molar-refractivity contribution in [2.75, 3.05) is 5.75 Å². The first-order valence-electron chi connectivity index (χ1n) is 5.29. The number of fused-ring (bicyclic) bond motifs is 1. The maximum Gasteiger partial charge on any atom is 0.0817 e. The third-order valence-corrected chi connectivity index (χ3v) is 11.6. The van der Waals surface area contributed by atoms with E-state index in [0.717, 1.165) is 10.6 Å². The zero-order valence-electron chi connectivity index (χ0n) is 9.42. The summed E-state index contributed by atoms with van der Waals surface area (Å²) in [7, 11) is 0. The minimum absolute atomic E-state index is 0.468.